The van der Waals surface area contributed by atoms with Gasteiger partial charge < -0.3 is 19.8 Å². The smallest absolute Gasteiger partial charge is 0.137 e. The third kappa shape index (κ3) is 11.1. The first kappa shape index (κ1) is 56.8. The van der Waals surface area contributed by atoms with Gasteiger partial charge in [0.1, 0.15) is 28.5 Å². The highest BCUT2D eigenvalue weighted by molar-refractivity contribution is 6.24. The fourth-order valence-electron chi connectivity index (χ4n) is 11.8. The van der Waals surface area contributed by atoms with Gasteiger partial charge in [-0.1, -0.05) is 197 Å². The predicted molar refractivity (Wildman–Crippen MR) is 355 cm³/mol. The van der Waals surface area contributed by atoms with Crippen molar-refractivity contribution >= 4 is 66.5 Å². The second-order valence-corrected chi connectivity index (χ2v) is 29.2. The molecule has 11 rings (SSSR count). The number of anilines is 4. The maximum absolute atomic E-state index is 6.90. The van der Waals surface area contributed by atoms with Crippen LogP contribution in [0.5, 0.6) is 11.5 Å². The highest BCUT2D eigenvalue weighted by Gasteiger charge is 2.31. The molecule has 0 saturated carbocycles. The van der Waals surface area contributed by atoms with Gasteiger partial charge in [-0.05, 0) is 156 Å². The van der Waals surface area contributed by atoms with E-state index in [1.807, 2.05) is 24.4 Å². The van der Waals surface area contributed by atoms with Gasteiger partial charge in [-0.2, -0.15) is 0 Å². The number of benzene rings is 8. The monoisotopic (exact) mass is 1100 g/mol. The van der Waals surface area contributed by atoms with E-state index in [1.54, 1.807) is 0 Å². The molecule has 2 N–H and O–H groups in total. The molecule has 0 saturated heterocycles. The molecule has 6 nitrogen and oxygen atoms in total. The van der Waals surface area contributed by atoms with Crippen molar-refractivity contribution in [2.24, 2.45) is 0 Å². The van der Waals surface area contributed by atoms with Crippen LogP contribution in [0.25, 0.3) is 71.8 Å². The van der Waals surface area contributed by atoms with Crippen LogP contribution in [0, 0.1) is 0 Å². The first-order valence-electron chi connectivity index (χ1n) is 29.7. The lowest BCUT2D eigenvalue weighted by Gasteiger charge is -2.32. The molecule has 0 amide bonds. The fourth-order valence-corrected chi connectivity index (χ4v) is 11.8. The zero-order valence-electron chi connectivity index (χ0n) is 52.4. The number of para-hydroxylation sites is 3. The normalized spacial score (nSPS) is 12.9. The number of hydrogen-bond acceptors (Lipinski definition) is 5. The van der Waals surface area contributed by atoms with E-state index in [0.717, 1.165) is 78.1 Å². The van der Waals surface area contributed by atoms with Crippen LogP contribution >= 0.6 is 0 Å². The lowest BCUT2D eigenvalue weighted by Crippen LogP contribution is -2.18. The molecule has 0 fully saturated rings. The van der Waals surface area contributed by atoms with E-state index in [4.69, 9.17) is 14.1 Å². The molecule has 11 aromatic rings. The molecule has 0 radical (unpaired) electrons. The molecular weight excluding hydrogens is 1010 g/mol. The molecule has 0 aliphatic carbocycles. The number of nitrogens with one attached hydrogen (secondary N) is 2. The molecule has 0 spiro atoms. The highest BCUT2D eigenvalue weighted by atomic mass is 16.5. The van der Waals surface area contributed by atoms with Crippen molar-refractivity contribution in [2.45, 2.75) is 157 Å². The summed E-state index contributed by atoms with van der Waals surface area (Å²) in [5, 5.41) is 12.4. The van der Waals surface area contributed by atoms with Gasteiger partial charge in [-0.25, -0.2) is 4.98 Å². The van der Waals surface area contributed by atoms with Crippen LogP contribution in [0.2, 0.25) is 0 Å². The van der Waals surface area contributed by atoms with Crippen molar-refractivity contribution in [3.05, 3.63) is 203 Å². The van der Waals surface area contributed by atoms with Crippen LogP contribution in [-0.4, -0.2) is 9.55 Å². The van der Waals surface area contributed by atoms with Gasteiger partial charge >= 0.3 is 0 Å². The summed E-state index contributed by atoms with van der Waals surface area (Å²) in [6.07, 6.45) is 1.93. The van der Waals surface area contributed by atoms with Crippen LogP contribution in [-0.2, 0) is 32.5 Å². The Hall–Kier alpha value is -8.09. The quantitative estimate of drug-likeness (QED) is 0.151. The van der Waals surface area contributed by atoms with Crippen molar-refractivity contribution in [3.8, 4) is 39.6 Å². The molecule has 3 aromatic heterocycles. The number of hydrogen-bond donors (Lipinski definition) is 2. The molecule has 8 aromatic carbocycles. The molecule has 0 aliphatic rings. The summed E-state index contributed by atoms with van der Waals surface area (Å²) >= 11 is 0. The number of pyridine rings is 1. The first-order chi connectivity index (χ1) is 38.9. The largest absolute Gasteiger partial charge is 0.457 e. The van der Waals surface area contributed by atoms with E-state index in [0.29, 0.717) is 5.75 Å². The van der Waals surface area contributed by atoms with E-state index in [9.17, 15) is 0 Å². The van der Waals surface area contributed by atoms with Crippen molar-refractivity contribution in [3.63, 3.8) is 0 Å². The molecule has 424 valence electrons. The van der Waals surface area contributed by atoms with Crippen LogP contribution in [0.15, 0.2) is 174 Å². The van der Waals surface area contributed by atoms with Gasteiger partial charge in [-0.15, -0.1) is 0 Å². The maximum atomic E-state index is 6.90. The average Bonchev–Trinajstić information content (AvgIpc) is 1.89. The van der Waals surface area contributed by atoms with Gasteiger partial charge in [0, 0.05) is 51.3 Å². The van der Waals surface area contributed by atoms with E-state index in [2.05, 4.69) is 285 Å². The van der Waals surface area contributed by atoms with Crippen LogP contribution < -0.4 is 15.4 Å². The predicted octanol–water partition coefficient (Wildman–Crippen LogP) is 22.5. The summed E-state index contributed by atoms with van der Waals surface area (Å²) in [4.78, 5) is 5.05. The Morgan fingerprint density at radius 2 is 0.928 bits per heavy atom. The number of fused-ring (bicyclic) bond motifs is 7. The Morgan fingerprint density at radius 3 is 1.52 bits per heavy atom. The average molecular weight is 1100 g/mol. The lowest BCUT2D eigenvalue weighted by molar-refractivity contribution is 0.483. The van der Waals surface area contributed by atoms with Gasteiger partial charge in [0.25, 0.3) is 0 Å². The zero-order valence-corrected chi connectivity index (χ0v) is 52.4. The zero-order chi connectivity index (χ0) is 59.3. The van der Waals surface area contributed by atoms with E-state index in [1.165, 1.54) is 55.6 Å². The number of nitrogens with zero attached hydrogens (tertiary/aromatic N) is 2. The summed E-state index contributed by atoms with van der Waals surface area (Å²) < 4.78 is 15.7. The highest BCUT2D eigenvalue weighted by Crippen LogP contribution is 2.50. The van der Waals surface area contributed by atoms with Gasteiger partial charge in [-0.3, -0.25) is 4.57 Å². The minimum absolute atomic E-state index is 0.0648. The number of furan rings is 1. The molecule has 3 heterocycles. The van der Waals surface area contributed by atoms with Crippen molar-refractivity contribution < 1.29 is 9.15 Å². The molecular formula is C77H84N4O2. The minimum Gasteiger partial charge on any atom is -0.457 e. The maximum Gasteiger partial charge on any atom is 0.137 e. The summed E-state index contributed by atoms with van der Waals surface area (Å²) in [5.41, 5.74) is 19.6. The van der Waals surface area contributed by atoms with Crippen molar-refractivity contribution in [2.75, 3.05) is 10.6 Å². The molecule has 0 unspecified atom stereocenters. The summed E-state index contributed by atoms with van der Waals surface area (Å²) in [6, 6.07) is 59.5. The number of ether oxygens (including phenoxy) is 1. The SMILES string of the molecule is CC(C)(C)c1ccnc(-n2c3cc(Oc4cccc(Nc5ccccc5Nc5c(-c6cc(C(C)(C)C)ccc6C(C)(C)C)cc(C(C)(C)C)cc5-c5cc(C(C)(C)C)ccc5C(C)(C)C)c4)ccc3c3ccc4oc5ccccc5c4c32)c1. The Labute approximate surface area is 493 Å². The number of aromatic nitrogens is 2. The Balaban J connectivity index is 1.04. The van der Waals surface area contributed by atoms with Crippen LogP contribution in [0.4, 0.5) is 22.7 Å². The van der Waals surface area contributed by atoms with E-state index >= 15 is 0 Å². The standard InChI is InChI=1S/C77H84N4O2/c1-72(2,3)47-30-35-61(76(13,14)15)57(40-47)59-42-50(75(10,11)12)43-60(58-41-48(73(4,5)6)31-36-62(58)77(16,17)18)70(59)80-64-28-21-20-27-63(64)79-51-24-23-25-52(45-51)82-53-32-33-54-55-34-37-67-69(56-26-19-22-29-66(56)83-67)71(55)81(65(54)46-53)68-44-49(38-39-78-68)74(7,8)9/h19-46,79-80H,1-18H3. The van der Waals surface area contributed by atoms with Crippen molar-refractivity contribution in [1.82, 2.24) is 9.55 Å². The third-order valence-electron chi connectivity index (χ3n) is 16.6. The summed E-state index contributed by atoms with van der Waals surface area (Å²) in [7, 11) is 0. The topological polar surface area (TPSA) is 64.2 Å². The molecule has 0 bridgehead atoms. The molecule has 0 atom stereocenters. The van der Waals surface area contributed by atoms with Crippen molar-refractivity contribution in [1.29, 1.82) is 0 Å². The first-order valence-corrected chi connectivity index (χ1v) is 29.7. The lowest BCUT2D eigenvalue weighted by atomic mass is 9.74. The van der Waals surface area contributed by atoms with Gasteiger partial charge in [0.2, 0.25) is 0 Å². The van der Waals surface area contributed by atoms with E-state index < -0.39 is 0 Å². The fraction of sp³-hybridized carbons (Fsp3) is 0.312. The molecule has 0 aliphatic heterocycles. The Bertz CT molecular complexity index is 4200. The summed E-state index contributed by atoms with van der Waals surface area (Å²) in [6.45, 7) is 41.7. The Morgan fingerprint density at radius 1 is 0.398 bits per heavy atom. The Kier molecular flexibility index (Phi) is 13.9. The van der Waals surface area contributed by atoms with E-state index in [-0.39, 0.29) is 32.5 Å². The number of rotatable bonds is 9. The summed E-state index contributed by atoms with van der Waals surface area (Å²) in [5.74, 6) is 2.27. The van der Waals surface area contributed by atoms with Crippen LogP contribution in [0.1, 0.15) is 158 Å². The third-order valence-corrected chi connectivity index (χ3v) is 16.6. The molecule has 83 heavy (non-hydrogen) atoms. The second-order valence-electron chi connectivity index (χ2n) is 29.2. The van der Waals surface area contributed by atoms with Crippen LogP contribution in [0.3, 0.4) is 0 Å². The minimum atomic E-state index is -0.149. The van der Waals surface area contributed by atoms with Gasteiger partial charge in [0.15, 0.2) is 0 Å². The molecule has 6 heteroatoms. The second kappa shape index (κ2) is 20.4. The van der Waals surface area contributed by atoms with Gasteiger partial charge in [0.05, 0.1) is 33.5 Å².